The highest BCUT2D eigenvalue weighted by molar-refractivity contribution is 6.33. The van der Waals surface area contributed by atoms with Gasteiger partial charge in [-0.2, -0.15) is 0 Å². The number of alkyl halides is 1. The molecule has 1 saturated carbocycles. The maximum atomic E-state index is 14.4. The smallest absolute Gasteiger partial charge is 0.228 e. The summed E-state index contributed by atoms with van der Waals surface area (Å²) in [5.74, 6) is -0.625. The van der Waals surface area contributed by atoms with Crippen molar-refractivity contribution < 1.29 is 13.6 Å². The Hall–Kier alpha value is -2.79. The highest BCUT2D eigenvalue weighted by atomic mass is 35.5. The van der Waals surface area contributed by atoms with E-state index in [0.717, 1.165) is 11.1 Å². The van der Waals surface area contributed by atoms with Gasteiger partial charge in [0.15, 0.2) is 0 Å². The van der Waals surface area contributed by atoms with E-state index >= 15 is 0 Å². The Morgan fingerprint density at radius 1 is 1.16 bits per heavy atom. The number of aryl methyl sites for hydroxylation is 2. The van der Waals surface area contributed by atoms with Crippen molar-refractivity contribution in [3.8, 4) is 11.3 Å². The molecular formula is C26H25ClF2N2O. The largest absolute Gasteiger partial charge is 0.326 e. The zero-order chi connectivity index (χ0) is 23.2. The number of nitrogens with zero attached hydrogens (tertiary/aromatic N) is 1. The van der Waals surface area contributed by atoms with Gasteiger partial charge in [-0.3, -0.25) is 9.78 Å². The molecule has 4 unspecified atom stereocenters. The molecule has 2 aromatic carbocycles. The molecule has 1 amide bonds. The van der Waals surface area contributed by atoms with Crippen LogP contribution in [0.5, 0.6) is 0 Å². The van der Waals surface area contributed by atoms with Crippen molar-refractivity contribution in [2.24, 2.45) is 11.8 Å². The fourth-order valence-electron chi connectivity index (χ4n) is 4.41. The van der Waals surface area contributed by atoms with E-state index in [-0.39, 0.29) is 29.4 Å². The first-order valence-corrected chi connectivity index (χ1v) is 11.0. The van der Waals surface area contributed by atoms with Crippen LogP contribution in [-0.4, -0.2) is 10.9 Å². The molecule has 3 nitrogen and oxygen atoms in total. The van der Waals surface area contributed by atoms with Crippen LogP contribution in [0.4, 0.5) is 14.5 Å². The summed E-state index contributed by atoms with van der Waals surface area (Å²) in [7, 11) is 0. The molecule has 4 atom stereocenters. The van der Waals surface area contributed by atoms with Crippen LogP contribution in [0.15, 0.2) is 48.7 Å². The molecule has 0 saturated heterocycles. The minimum absolute atomic E-state index is 0.0380. The topological polar surface area (TPSA) is 42.0 Å². The summed E-state index contributed by atoms with van der Waals surface area (Å²) in [5.41, 5.74) is 4.34. The van der Waals surface area contributed by atoms with Crippen molar-refractivity contribution in [3.63, 3.8) is 0 Å². The van der Waals surface area contributed by atoms with Gasteiger partial charge in [0, 0.05) is 23.4 Å². The Kier molecular flexibility index (Phi) is 6.04. The van der Waals surface area contributed by atoms with E-state index in [0.29, 0.717) is 27.4 Å². The lowest BCUT2D eigenvalue weighted by molar-refractivity contribution is -0.117. The maximum absolute atomic E-state index is 14.4. The van der Waals surface area contributed by atoms with Crippen molar-refractivity contribution in [1.82, 2.24) is 4.98 Å². The zero-order valence-corrected chi connectivity index (χ0v) is 19.2. The predicted molar refractivity (Wildman–Crippen MR) is 124 cm³/mol. The zero-order valence-electron chi connectivity index (χ0n) is 18.4. The van der Waals surface area contributed by atoms with Gasteiger partial charge in [0.1, 0.15) is 17.7 Å². The second kappa shape index (κ2) is 8.62. The van der Waals surface area contributed by atoms with Gasteiger partial charge in [-0.05, 0) is 79.1 Å². The first-order valence-electron chi connectivity index (χ1n) is 10.6. The van der Waals surface area contributed by atoms with Gasteiger partial charge in [-0.1, -0.05) is 36.7 Å². The predicted octanol–water partition coefficient (Wildman–Crippen LogP) is 7.18. The third-order valence-electron chi connectivity index (χ3n) is 6.27. The number of rotatable bonds is 5. The maximum Gasteiger partial charge on any atom is 0.228 e. The molecule has 1 fully saturated rings. The van der Waals surface area contributed by atoms with Crippen LogP contribution < -0.4 is 5.32 Å². The summed E-state index contributed by atoms with van der Waals surface area (Å²) in [6.45, 7) is 7.19. The van der Waals surface area contributed by atoms with Gasteiger partial charge in [-0.15, -0.1) is 0 Å². The third-order valence-corrected chi connectivity index (χ3v) is 6.59. The van der Waals surface area contributed by atoms with Gasteiger partial charge in [0.05, 0.1) is 5.02 Å². The standard InChI is InChI=1S/C26H25ClF2N2O/c1-13-9-22(29)25(30-12-13)20-11-18(7-8-21(20)27)31-26(32)24-15(3)23(24)17-6-5-14(2)19(10-17)16(4)28/h5-12,15-16,23-24H,1-4H3,(H,31,32). The summed E-state index contributed by atoms with van der Waals surface area (Å²) < 4.78 is 28.4. The molecule has 0 radical (unpaired) electrons. The Morgan fingerprint density at radius 3 is 2.59 bits per heavy atom. The summed E-state index contributed by atoms with van der Waals surface area (Å²) in [6, 6.07) is 12.1. The number of nitrogens with one attached hydrogen (secondary N) is 1. The summed E-state index contributed by atoms with van der Waals surface area (Å²) in [6.07, 6.45) is 0.518. The van der Waals surface area contributed by atoms with E-state index in [1.165, 1.54) is 13.0 Å². The first kappa shape index (κ1) is 22.4. The Labute approximate surface area is 191 Å². The van der Waals surface area contributed by atoms with Crippen molar-refractivity contribution in [3.05, 3.63) is 81.8 Å². The number of amides is 1. The molecule has 1 aliphatic rings. The molecule has 1 aliphatic carbocycles. The van der Waals surface area contributed by atoms with Gasteiger partial charge in [0.25, 0.3) is 0 Å². The van der Waals surface area contributed by atoms with E-state index in [2.05, 4.69) is 10.3 Å². The monoisotopic (exact) mass is 454 g/mol. The summed E-state index contributed by atoms with van der Waals surface area (Å²) in [4.78, 5) is 17.2. The molecule has 0 spiro atoms. The summed E-state index contributed by atoms with van der Waals surface area (Å²) >= 11 is 6.28. The first-order chi connectivity index (χ1) is 15.2. The number of hydrogen-bond acceptors (Lipinski definition) is 2. The number of carbonyl (C=O) groups excluding carboxylic acids is 1. The number of aromatic nitrogens is 1. The Balaban J connectivity index is 1.54. The molecule has 166 valence electrons. The molecule has 0 bridgehead atoms. The van der Waals surface area contributed by atoms with Gasteiger partial charge in [-0.25, -0.2) is 8.78 Å². The number of anilines is 1. The van der Waals surface area contributed by atoms with Gasteiger partial charge < -0.3 is 5.32 Å². The Morgan fingerprint density at radius 2 is 1.91 bits per heavy atom. The van der Waals surface area contributed by atoms with Crippen LogP contribution in [0.2, 0.25) is 5.02 Å². The van der Waals surface area contributed by atoms with Crippen molar-refractivity contribution in [2.75, 3.05) is 5.32 Å². The highest BCUT2D eigenvalue weighted by Gasteiger charge is 2.52. The van der Waals surface area contributed by atoms with E-state index < -0.39 is 12.0 Å². The minimum Gasteiger partial charge on any atom is -0.326 e. The lowest BCUT2D eigenvalue weighted by atomic mass is 9.98. The van der Waals surface area contributed by atoms with E-state index in [1.54, 1.807) is 31.3 Å². The molecule has 1 N–H and O–H groups in total. The molecule has 4 rings (SSSR count). The molecule has 32 heavy (non-hydrogen) atoms. The van der Waals surface area contributed by atoms with Gasteiger partial charge in [0.2, 0.25) is 5.91 Å². The molecule has 1 aromatic heterocycles. The van der Waals surface area contributed by atoms with Crippen LogP contribution in [0.25, 0.3) is 11.3 Å². The van der Waals surface area contributed by atoms with Crippen molar-refractivity contribution >= 4 is 23.2 Å². The molecular weight excluding hydrogens is 430 g/mol. The van der Waals surface area contributed by atoms with E-state index in [9.17, 15) is 13.6 Å². The second-order valence-corrected chi connectivity index (χ2v) is 9.08. The molecule has 6 heteroatoms. The molecule has 1 heterocycles. The second-order valence-electron chi connectivity index (χ2n) is 8.67. The van der Waals surface area contributed by atoms with Crippen molar-refractivity contribution in [2.45, 2.75) is 39.8 Å². The number of pyridine rings is 1. The Bertz CT molecular complexity index is 1190. The lowest BCUT2D eigenvalue weighted by Crippen LogP contribution is -2.15. The quantitative estimate of drug-likeness (QED) is 0.443. The van der Waals surface area contributed by atoms with Crippen LogP contribution in [0, 0.1) is 31.5 Å². The average molecular weight is 455 g/mol. The highest BCUT2D eigenvalue weighted by Crippen LogP contribution is 2.54. The van der Waals surface area contributed by atoms with Crippen molar-refractivity contribution in [1.29, 1.82) is 0 Å². The summed E-state index contributed by atoms with van der Waals surface area (Å²) in [5, 5.41) is 3.28. The SMILES string of the molecule is Cc1cnc(-c2cc(NC(=O)C3C(C)C3c3ccc(C)c(C(C)F)c3)ccc2Cl)c(F)c1. The fraction of sp³-hybridized carbons (Fsp3) is 0.308. The van der Waals surface area contributed by atoms with Crippen LogP contribution in [-0.2, 0) is 4.79 Å². The number of benzene rings is 2. The van der Waals surface area contributed by atoms with Crippen LogP contribution in [0.3, 0.4) is 0 Å². The number of carbonyl (C=O) groups is 1. The fourth-order valence-corrected chi connectivity index (χ4v) is 4.62. The van der Waals surface area contributed by atoms with Gasteiger partial charge >= 0.3 is 0 Å². The average Bonchev–Trinajstić information content (AvgIpc) is 3.41. The number of halogens is 3. The van der Waals surface area contributed by atoms with Crippen LogP contribution >= 0.6 is 11.6 Å². The van der Waals surface area contributed by atoms with E-state index in [4.69, 9.17) is 11.6 Å². The third kappa shape index (κ3) is 4.26. The normalized spacial score (nSPS) is 20.7. The molecule has 0 aliphatic heterocycles. The van der Waals surface area contributed by atoms with Crippen LogP contribution in [0.1, 0.15) is 48.2 Å². The molecule has 3 aromatic rings. The minimum atomic E-state index is -1.06. The lowest BCUT2D eigenvalue weighted by Gasteiger charge is -2.11. The number of hydrogen-bond donors (Lipinski definition) is 1. The van der Waals surface area contributed by atoms with E-state index in [1.807, 2.05) is 32.0 Å².